The van der Waals surface area contributed by atoms with Crippen molar-refractivity contribution in [1.29, 1.82) is 0 Å². The number of urea groups is 1. The summed E-state index contributed by atoms with van der Waals surface area (Å²) in [5.74, 6) is -7.61. The number of hydrazine groups is 1. The fourth-order valence-electron chi connectivity index (χ4n) is 14.8. The van der Waals surface area contributed by atoms with Crippen LogP contribution in [0, 0.1) is 29.6 Å². The summed E-state index contributed by atoms with van der Waals surface area (Å²) in [5, 5.41) is 37.1. The number of fused-ring (bicyclic) bond motifs is 1. The van der Waals surface area contributed by atoms with Crippen LogP contribution >= 0.6 is 11.3 Å². The Morgan fingerprint density at radius 2 is 1.36 bits per heavy atom. The summed E-state index contributed by atoms with van der Waals surface area (Å²) in [6.07, 6.45) is 3.09. The van der Waals surface area contributed by atoms with Crippen LogP contribution in [-0.4, -0.2) is 254 Å². The number of primary amides is 1. The monoisotopic (exact) mass is 1710 g/mol. The van der Waals surface area contributed by atoms with Crippen LogP contribution in [0.2, 0.25) is 0 Å². The smallest absolute Gasteiger partial charge is 0.410 e. The van der Waals surface area contributed by atoms with Crippen LogP contribution in [0.4, 0.5) is 15.3 Å². The number of benzene rings is 2. The lowest BCUT2D eigenvalue weighted by Crippen LogP contribution is -2.60. The van der Waals surface area contributed by atoms with Gasteiger partial charge in [0.1, 0.15) is 47.5 Å². The largest absolute Gasteiger partial charge is 0.481 e. The van der Waals surface area contributed by atoms with Crippen LogP contribution in [-0.2, 0) is 97.7 Å². The highest BCUT2D eigenvalue weighted by atomic mass is 32.1. The lowest BCUT2D eigenvalue weighted by atomic mass is 9.89. The number of carbonyl (C=O) groups is 12. The second kappa shape index (κ2) is 50.9. The molecule has 12 atom stereocenters. The van der Waals surface area contributed by atoms with Gasteiger partial charge in [-0.25, -0.2) is 24.6 Å². The van der Waals surface area contributed by atoms with Gasteiger partial charge in [0.25, 0.3) is 0 Å². The van der Waals surface area contributed by atoms with Crippen LogP contribution in [0.1, 0.15) is 154 Å². The van der Waals surface area contributed by atoms with Crippen molar-refractivity contribution in [3.8, 4) is 0 Å². The molecule has 0 radical (unpaired) electrons. The van der Waals surface area contributed by atoms with E-state index >= 15 is 0 Å². The Hall–Kier alpha value is -10.2. The number of carbonyl (C=O) groups excluding carboxylic acids is 11. The molecule has 12 amide bonds. The molecule has 36 heteroatoms. The molecule has 4 heterocycles. The van der Waals surface area contributed by atoms with E-state index < -0.39 is 138 Å². The molecule has 0 spiro atoms. The van der Waals surface area contributed by atoms with Crippen molar-refractivity contribution in [1.82, 2.24) is 76.9 Å². The highest BCUT2D eigenvalue weighted by Gasteiger charge is 2.44. The molecule has 5 aromatic rings. The molecular formula is C85H129N17O18S. The van der Waals surface area contributed by atoms with Gasteiger partial charge in [0.05, 0.1) is 75.6 Å². The van der Waals surface area contributed by atoms with E-state index in [-0.39, 0.29) is 121 Å². The minimum absolute atomic E-state index is 0.00420. The summed E-state index contributed by atoms with van der Waals surface area (Å²) in [6.45, 7) is 17.6. The number of thiazole rings is 1. The van der Waals surface area contributed by atoms with Crippen LogP contribution in [0.3, 0.4) is 0 Å². The van der Waals surface area contributed by atoms with Crippen molar-refractivity contribution in [2.45, 2.75) is 213 Å². The summed E-state index contributed by atoms with van der Waals surface area (Å²) in [6, 6.07) is 14.2. The average Bonchev–Trinajstić information content (AvgIpc) is 1.59. The highest BCUT2D eigenvalue weighted by molar-refractivity contribution is 7.09. The Bertz CT molecular complexity index is 4140. The molecule has 0 unspecified atom stereocenters. The maximum atomic E-state index is 14.9. The van der Waals surface area contributed by atoms with E-state index in [1.807, 2.05) is 91.3 Å². The molecule has 12 N–H and O–H groups in total. The van der Waals surface area contributed by atoms with Crippen molar-refractivity contribution in [3.63, 3.8) is 0 Å². The third-order valence-corrected chi connectivity index (χ3v) is 22.6. The molecule has 121 heavy (non-hydrogen) atoms. The second-order valence-corrected chi connectivity index (χ2v) is 32.5. The number of nitrogens with two attached hydrogens (primary N) is 1. The summed E-state index contributed by atoms with van der Waals surface area (Å²) in [7, 11) is 9.81. The van der Waals surface area contributed by atoms with Crippen molar-refractivity contribution in [2.75, 3.05) is 93.8 Å². The maximum absolute atomic E-state index is 14.9. The van der Waals surface area contributed by atoms with Crippen molar-refractivity contribution < 1.29 is 86.3 Å². The minimum Gasteiger partial charge on any atom is -0.481 e. The zero-order chi connectivity index (χ0) is 89.0. The number of nitrogens with zero attached hydrogens (tertiary/aromatic N) is 7. The van der Waals surface area contributed by atoms with Gasteiger partial charge in [0, 0.05) is 115 Å². The summed E-state index contributed by atoms with van der Waals surface area (Å²) < 4.78 is 31.1. The topological polar surface area (TPSA) is 449 Å². The normalized spacial score (nSPS) is 15.5. The number of carboxylic acid groups (broad SMARTS) is 1. The van der Waals surface area contributed by atoms with E-state index in [0.29, 0.717) is 55.7 Å². The van der Waals surface area contributed by atoms with Gasteiger partial charge in [-0.05, 0) is 111 Å². The van der Waals surface area contributed by atoms with Crippen LogP contribution in [0.15, 0.2) is 90.6 Å². The number of hydrogen-bond acceptors (Lipinski definition) is 22. The zero-order valence-electron chi connectivity index (χ0n) is 72.7. The summed E-state index contributed by atoms with van der Waals surface area (Å²) in [4.78, 5) is 176. The molecule has 2 aromatic carbocycles. The van der Waals surface area contributed by atoms with Gasteiger partial charge in [-0.3, -0.25) is 58.3 Å². The SMILES string of the molecule is CC[C@H](C)[C@@H]([C@@H](CC(=O)N1CCC[C@H]1[C@H](OC)[C@@H](C)C(=O)N[C@@H](Cc1ccccc1)c1nccs1)OC)N(C)C(=O)[C@@H](NC(=O)[C@H](C(C)C)N(C)C(=O)OCc1ccc(NC(=O)[C@H](CCCNC(N)=O)NC(=O)[C@@H](NC(=O)CCOCCOCCNC(=O)[C@H](CCC(=O)O)NC(=O)CCn2c(CN(C)NC)cc3cccnc32)C(C)C)cc1)C(C)C. The van der Waals surface area contributed by atoms with Crippen molar-refractivity contribution in [2.24, 2.45) is 35.3 Å². The number of aryl methyl sites for hydroxylation is 1. The molecule has 1 aliphatic rings. The lowest BCUT2D eigenvalue weighted by molar-refractivity contribution is -0.148. The van der Waals surface area contributed by atoms with Gasteiger partial charge in [-0.15, -0.1) is 11.3 Å². The maximum Gasteiger partial charge on any atom is 0.410 e. The molecule has 35 nitrogen and oxygen atoms in total. The van der Waals surface area contributed by atoms with Crippen molar-refractivity contribution in [3.05, 3.63) is 112 Å². The number of likely N-dealkylation sites (N-methyl/N-ethyl adjacent to an activating group) is 2. The number of aromatic nitrogens is 3. The molecule has 668 valence electrons. The molecule has 1 saturated heterocycles. The summed E-state index contributed by atoms with van der Waals surface area (Å²) in [5.41, 5.74) is 11.8. The number of rotatable bonds is 53. The molecule has 0 bridgehead atoms. The molecule has 3 aromatic heterocycles. The fourth-order valence-corrected chi connectivity index (χ4v) is 15.5. The van der Waals surface area contributed by atoms with E-state index in [9.17, 15) is 62.6 Å². The number of aliphatic carboxylic acids is 1. The number of ether oxygens (including phenoxy) is 5. The number of amides is 12. The number of nitrogens with one attached hydrogen (secondary N) is 9. The van der Waals surface area contributed by atoms with E-state index in [1.54, 1.807) is 109 Å². The number of carboxylic acids is 1. The highest BCUT2D eigenvalue weighted by Crippen LogP contribution is 2.32. The minimum atomic E-state index is -1.17. The van der Waals surface area contributed by atoms with Gasteiger partial charge in [0.15, 0.2) is 0 Å². The van der Waals surface area contributed by atoms with Gasteiger partial charge in [0.2, 0.25) is 53.2 Å². The van der Waals surface area contributed by atoms with E-state index in [4.69, 9.17) is 29.4 Å². The average molecular weight is 1710 g/mol. The first-order valence-corrected chi connectivity index (χ1v) is 42.4. The third-order valence-electron chi connectivity index (χ3n) is 21.7. The predicted molar refractivity (Wildman–Crippen MR) is 456 cm³/mol. The number of pyridine rings is 1. The fraction of sp³-hybridized carbons (Fsp3) is 0.600. The van der Waals surface area contributed by atoms with E-state index in [2.05, 4.69) is 57.9 Å². The quantitative estimate of drug-likeness (QED) is 0.0162. The van der Waals surface area contributed by atoms with E-state index in [0.717, 1.165) is 21.7 Å². The Balaban J connectivity index is 0.963. The first kappa shape index (κ1) is 99.6. The van der Waals surface area contributed by atoms with Gasteiger partial charge < -0.3 is 91.4 Å². The molecule has 0 saturated carbocycles. The lowest BCUT2D eigenvalue weighted by Gasteiger charge is -2.41. The Labute approximate surface area is 713 Å². The molecule has 0 aliphatic carbocycles. The van der Waals surface area contributed by atoms with Gasteiger partial charge >= 0.3 is 18.1 Å². The van der Waals surface area contributed by atoms with Crippen LogP contribution in [0.5, 0.6) is 0 Å². The number of anilines is 1. The molecule has 1 aliphatic heterocycles. The first-order chi connectivity index (χ1) is 57.7. The molecule has 1 fully saturated rings. The number of likely N-dealkylation sites (tertiary alicyclic amines) is 1. The Morgan fingerprint density at radius 1 is 0.669 bits per heavy atom. The first-order valence-electron chi connectivity index (χ1n) is 41.6. The molecule has 6 rings (SSSR count). The van der Waals surface area contributed by atoms with Crippen molar-refractivity contribution >= 4 is 99.3 Å². The Morgan fingerprint density at radius 3 is 1.98 bits per heavy atom. The van der Waals surface area contributed by atoms with Gasteiger partial charge in [-0.1, -0.05) is 111 Å². The number of hydrogen-bond donors (Lipinski definition) is 11. The predicted octanol–water partition coefficient (Wildman–Crippen LogP) is 5.81. The third kappa shape index (κ3) is 31.3. The second-order valence-electron chi connectivity index (χ2n) is 31.6. The number of methoxy groups -OCH3 is 2. The van der Waals surface area contributed by atoms with Crippen LogP contribution in [0.25, 0.3) is 11.0 Å². The Kier molecular flexibility index (Phi) is 41.9. The molecular weight excluding hydrogens is 1580 g/mol. The van der Waals surface area contributed by atoms with Gasteiger partial charge in [-0.2, -0.15) is 0 Å². The standard InChI is InChI=1S/C85H129N17O18S/c1-16-55(8)74(66(116-14)49-69(105)102-40-22-27-65(102)75(117-15)56(9)77(108)95-64(82-90-39-46-121-82)47-57-23-18-17-19-24-57)99(12)83(113)72(53(4)5)97-81(112)73(54(6)7)100(13)85(115)120-51-58-28-30-60(31-29-58)92-79(110)62(26-21-37-91-84(86)114)94-80(111)71(52(2)3)96-68(104)35-42-118-44-45-119-43-38-89-78(109)63(32-33-70(106)107)93-67(103)34-41-101-61(50-98(11)87-10)48-59-25-20-36-88-76(59)101/h17-20,23-25,28-31,36,39,46,48,52-56,62-66,71-75,87H,16,21-22,26-27,32-35,37-38,40-45,47,49-51H2,1-15H3,(H,89,109)(H,92,110)(H,93,103)(H,94,111)(H,95,108)(H,96,104)(H,97,112)(H,106,107)(H3,86,91,114)/t55-,56+,62-,63-,64-,65-,66+,71-,72-,73-,74-,75+/m0/s1. The van der Waals surface area contributed by atoms with Crippen LogP contribution < -0.4 is 53.7 Å². The zero-order valence-corrected chi connectivity index (χ0v) is 73.5. The summed E-state index contributed by atoms with van der Waals surface area (Å²) >= 11 is 1.46. The van der Waals surface area contributed by atoms with E-state index in [1.165, 1.54) is 30.4 Å².